The third-order valence-corrected chi connectivity index (χ3v) is 6.06. The molecule has 2 aromatic rings. The lowest BCUT2D eigenvalue weighted by Gasteiger charge is -2.08. The van der Waals surface area contributed by atoms with Crippen LogP contribution in [0.5, 0.6) is 0 Å². The topological polar surface area (TPSA) is 72.2 Å². The molecule has 0 spiro atoms. The number of nitrogens with one attached hydrogen (secondary N) is 1. The molecule has 0 atom stereocenters. The third-order valence-electron chi connectivity index (χ3n) is 2.28. The minimum absolute atomic E-state index is 0.212. The molecule has 0 aliphatic heterocycles. The van der Waals surface area contributed by atoms with Crippen molar-refractivity contribution in [2.24, 2.45) is 5.73 Å². The number of nitrogens with two attached hydrogens (primary N) is 1. The molecular formula is C11H10BrClN2O2S2. The van der Waals surface area contributed by atoms with Crippen LogP contribution in [0.1, 0.15) is 4.88 Å². The van der Waals surface area contributed by atoms with Crippen LogP contribution in [0.3, 0.4) is 0 Å². The molecule has 8 heteroatoms. The van der Waals surface area contributed by atoms with Crippen molar-refractivity contribution in [1.82, 2.24) is 0 Å². The zero-order valence-corrected chi connectivity index (χ0v) is 13.5. The maximum atomic E-state index is 12.2. The highest BCUT2D eigenvalue weighted by Gasteiger charge is 2.18. The molecule has 0 bridgehead atoms. The van der Waals surface area contributed by atoms with Crippen LogP contribution in [-0.4, -0.2) is 8.42 Å². The van der Waals surface area contributed by atoms with E-state index in [2.05, 4.69) is 20.7 Å². The second-order valence-corrected chi connectivity index (χ2v) is 8.05. The highest BCUT2D eigenvalue weighted by Crippen LogP contribution is 2.29. The summed E-state index contributed by atoms with van der Waals surface area (Å²) in [4.78, 5) is 0.806. The van der Waals surface area contributed by atoms with Gasteiger partial charge in [0.15, 0.2) is 0 Å². The Hall–Kier alpha value is -0.600. The van der Waals surface area contributed by atoms with Gasteiger partial charge in [0, 0.05) is 15.9 Å². The second-order valence-electron chi connectivity index (χ2n) is 3.65. The summed E-state index contributed by atoms with van der Waals surface area (Å²) in [6, 6.07) is 8.18. The van der Waals surface area contributed by atoms with Gasteiger partial charge in [0.2, 0.25) is 0 Å². The summed E-state index contributed by atoms with van der Waals surface area (Å²) < 4.78 is 27.8. The predicted octanol–water partition coefficient (Wildman–Crippen LogP) is 3.42. The van der Waals surface area contributed by atoms with Crippen LogP contribution in [-0.2, 0) is 16.6 Å². The Labute approximate surface area is 128 Å². The standard InChI is InChI=1S/C11H10BrClN2O2S2/c12-7-1-3-9(13)10(5-7)15-19(16,17)11-4-2-8(6-14)18-11/h1-5,15H,6,14H2. The molecule has 1 aromatic heterocycles. The maximum absolute atomic E-state index is 12.2. The number of halogens is 2. The summed E-state index contributed by atoms with van der Waals surface area (Å²) in [5.41, 5.74) is 5.80. The van der Waals surface area contributed by atoms with Gasteiger partial charge in [0.1, 0.15) is 4.21 Å². The van der Waals surface area contributed by atoms with Gasteiger partial charge in [-0.05, 0) is 30.3 Å². The zero-order chi connectivity index (χ0) is 14.0. The highest BCUT2D eigenvalue weighted by molar-refractivity contribution is 9.10. The summed E-state index contributed by atoms with van der Waals surface area (Å²) in [5, 5.41) is 0.336. The average Bonchev–Trinajstić information content (AvgIpc) is 2.83. The summed E-state index contributed by atoms with van der Waals surface area (Å²) in [6.07, 6.45) is 0. The first-order valence-electron chi connectivity index (χ1n) is 5.19. The van der Waals surface area contributed by atoms with E-state index in [1.54, 1.807) is 24.3 Å². The van der Waals surface area contributed by atoms with Gasteiger partial charge in [-0.1, -0.05) is 27.5 Å². The first-order valence-corrected chi connectivity index (χ1v) is 8.66. The van der Waals surface area contributed by atoms with E-state index in [1.807, 2.05) is 0 Å². The van der Waals surface area contributed by atoms with E-state index in [9.17, 15) is 8.42 Å². The first-order chi connectivity index (χ1) is 8.92. The zero-order valence-electron chi connectivity index (χ0n) is 9.56. The molecule has 102 valence electrons. The van der Waals surface area contributed by atoms with Gasteiger partial charge in [-0.3, -0.25) is 4.72 Å². The van der Waals surface area contributed by atoms with Crippen LogP contribution in [0.25, 0.3) is 0 Å². The molecule has 0 aliphatic carbocycles. The van der Waals surface area contributed by atoms with E-state index >= 15 is 0 Å². The first kappa shape index (κ1) is 14.8. The van der Waals surface area contributed by atoms with E-state index in [-0.39, 0.29) is 4.21 Å². The lowest BCUT2D eigenvalue weighted by molar-refractivity contribution is 0.603. The van der Waals surface area contributed by atoms with Gasteiger partial charge in [0.05, 0.1) is 10.7 Å². The van der Waals surface area contributed by atoms with Crippen molar-refractivity contribution in [3.05, 3.63) is 44.7 Å². The molecular weight excluding hydrogens is 372 g/mol. The van der Waals surface area contributed by atoms with Crippen LogP contribution in [0.15, 0.2) is 39.0 Å². The van der Waals surface area contributed by atoms with Crippen LogP contribution in [0.4, 0.5) is 5.69 Å². The summed E-state index contributed by atoms with van der Waals surface area (Å²) in [6.45, 7) is 0.317. The van der Waals surface area contributed by atoms with Gasteiger partial charge in [-0.2, -0.15) is 0 Å². The molecule has 2 rings (SSSR count). The molecule has 4 nitrogen and oxygen atoms in total. The minimum atomic E-state index is -3.63. The highest BCUT2D eigenvalue weighted by atomic mass is 79.9. The van der Waals surface area contributed by atoms with Gasteiger partial charge in [-0.25, -0.2) is 8.42 Å². The summed E-state index contributed by atoms with van der Waals surface area (Å²) in [7, 11) is -3.63. The second kappa shape index (κ2) is 5.80. The molecule has 19 heavy (non-hydrogen) atoms. The van der Waals surface area contributed by atoms with E-state index < -0.39 is 10.0 Å². The largest absolute Gasteiger partial charge is 0.326 e. The van der Waals surface area contributed by atoms with Crippen molar-refractivity contribution < 1.29 is 8.42 Å². The summed E-state index contributed by atoms with van der Waals surface area (Å²) in [5.74, 6) is 0. The van der Waals surface area contributed by atoms with Crippen molar-refractivity contribution in [3.63, 3.8) is 0 Å². The van der Waals surface area contributed by atoms with Crippen LogP contribution in [0.2, 0.25) is 5.02 Å². The van der Waals surface area contributed by atoms with Gasteiger partial charge < -0.3 is 5.73 Å². The van der Waals surface area contributed by atoms with E-state index in [0.717, 1.165) is 20.7 Å². The van der Waals surface area contributed by atoms with Crippen molar-refractivity contribution in [2.45, 2.75) is 10.8 Å². The monoisotopic (exact) mass is 380 g/mol. The van der Waals surface area contributed by atoms with E-state index in [0.29, 0.717) is 17.3 Å². The van der Waals surface area contributed by atoms with Crippen LogP contribution < -0.4 is 10.5 Å². The number of anilines is 1. The Balaban J connectivity index is 2.33. The Morgan fingerprint density at radius 2 is 2.05 bits per heavy atom. The molecule has 0 radical (unpaired) electrons. The molecule has 0 aliphatic rings. The quantitative estimate of drug-likeness (QED) is 0.852. The number of hydrogen-bond acceptors (Lipinski definition) is 4. The molecule has 1 aromatic carbocycles. The molecule has 0 unspecified atom stereocenters. The molecule has 0 fully saturated rings. The maximum Gasteiger partial charge on any atom is 0.271 e. The van der Waals surface area contributed by atoms with Crippen molar-refractivity contribution in [3.8, 4) is 0 Å². The van der Waals surface area contributed by atoms with E-state index in [1.165, 1.54) is 6.07 Å². The summed E-state index contributed by atoms with van der Waals surface area (Å²) >= 11 is 10.4. The number of rotatable bonds is 4. The lowest BCUT2D eigenvalue weighted by atomic mass is 10.3. The molecule has 1 heterocycles. The number of thiophene rings is 1. The normalized spacial score (nSPS) is 11.5. The van der Waals surface area contributed by atoms with Gasteiger partial charge >= 0.3 is 0 Å². The van der Waals surface area contributed by atoms with Crippen LogP contribution >= 0.6 is 38.9 Å². The minimum Gasteiger partial charge on any atom is -0.326 e. The average molecular weight is 382 g/mol. The van der Waals surface area contributed by atoms with Crippen LogP contribution in [0, 0.1) is 0 Å². The lowest BCUT2D eigenvalue weighted by Crippen LogP contribution is -2.11. The Morgan fingerprint density at radius 1 is 1.32 bits per heavy atom. The van der Waals surface area contributed by atoms with Crippen molar-refractivity contribution in [2.75, 3.05) is 4.72 Å². The molecule has 0 saturated heterocycles. The fourth-order valence-corrected chi connectivity index (χ4v) is 4.27. The smallest absolute Gasteiger partial charge is 0.271 e. The van der Waals surface area contributed by atoms with Gasteiger partial charge in [-0.15, -0.1) is 11.3 Å². The Kier molecular flexibility index (Phi) is 4.52. The van der Waals surface area contributed by atoms with E-state index in [4.69, 9.17) is 17.3 Å². The third kappa shape index (κ3) is 3.49. The van der Waals surface area contributed by atoms with Crippen molar-refractivity contribution in [1.29, 1.82) is 0 Å². The fraction of sp³-hybridized carbons (Fsp3) is 0.0909. The molecule has 0 saturated carbocycles. The number of hydrogen-bond donors (Lipinski definition) is 2. The Bertz CT molecular complexity index is 700. The number of benzene rings is 1. The Morgan fingerprint density at radius 3 is 2.68 bits per heavy atom. The molecule has 3 N–H and O–H groups in total. The molecule has 0 amide bonds. The van der Waals surface area contributed by atoms with Gasteiger partial charge in [0.25, 0.3) is 10.0 Å². The van der Waals surface area contributed by atoms with Crippen molar-refractivity contribution >= 4 is 54.6 Å². The fourth-order valence-electron chi connectivity index (χ4n) is 1.38. The number of sulfonamides is 1. The predicted molar refractivity (Wildman–Crippen MR) is 82.2 cm³/mol. The SMILES string of the molecule is NCc1ccc(S(=O)(=O)Nc2cc(Br)ccc2Cl)s1.